The molecule has 0 aromatic rings. The lowest BCUT2D eigenvalue weighted by Gasteiger charge is -2.36. The van der Waals surface area contributed by atoms with Crippen LogP contribution in [0.15, 0.2) is 0 Å². The quantitative estimate of drug-likeness (QED) is 0.802. The largest absolute Gasteiger partial charge is 0.466 e. The smallest absolute Gasteiger partial charge is 0.410 e. The Kier molecular flexibility index (Phi) is 6.45. The first-order valence-corrected chi connectivity index (χ1v) is 7.62. The summed E-state index contributed by atoms with van der Waals surface area (Å²) in [4.78, 5) is 25.3. The van der Waals surface area contributed by atoms with Crippen LogP contribution in [0.4, 0.5) is 4.79 Å². The third-order valence-electron chi connectivity index (χ3n) is 3.42. The molecule has 6 heteroatoms. The number of carbonyl (C=O) groups excluding carboxylic acids is 2. The van der Waals surface area contributed by atoms with Crippen molar-refractivity contribution in [3.05, 3.63) is 0 Å². The maximum Gasteiger partial charge on any atom is 0.410 e. The Labute approximate surface area is 126 Å². The number of hydrogen-bond donors (Lipinski definition) is 1. The van der Waals surface area contributed by atoms with Crippen LogP contribution in [0.3, 0.4) is 0 Å². The molecule has 0 radical (unpaired) electrons. The van der Waals surface area contributed by atoms with Crippen LogP contribution >= 0.6 is 0 Å². The first-order valence-electron chi connectivity index (χ1n) is 7.62. The van der Waals surface area contributed by atoms with Gasteiger partial charge in [-0.1, -0.05) is 0 Å². The predicted octanol–water partition coefficient (Wildman–Crippen LogP) is 1.91. The van der Waals surface area contributed by atoms with Gasteiger partial charge in [0.2, 0.25) is 0 Å². The van der Waals surface area contributed by atoms with Gasteiger partial charge in [0.15, 0.2) is 0 Å². The maximum atomic E-state index is 12.1. The van der Waals surface area contributed by atoms with Gasteiger partial charge in [-0.2, -0.15) is 0 Å². The van der Waals surface area contributed by atoms with Gasteiger partial charge in [-0.3, -0.25) is 4.79 Å². The van der Waals surface area contributed by atoms with Crippen molar-refractivity contribution in [3.8, 4) is 0 Å². The van der Waals surface area contributed by atoms with Crippen LogP contribution < -0.4 is 5.73 Å². The molecule has 21 heavy (non-hydrogen) atoms. The second-order valence-electron chi connectivity index (χ2n) is 6.50. The van der Waals surface area contributed by atoms with Crippen LogP contribution in [0.2, 0.25) is 0 Å². The summed E-state index contributed by atoms with van der Waals surface area (Å²) >= 11 is 0. The van der Waals surface area contributed by atoms with E-state index in [1.54, 1.807) is 11.8 Å². The molecule has 0 aromatic heterocycles. The molecule has 0 aliphatic carbocycles. The van der Waals surface area contributed by atoms with Crippen molar-refractivity contribution in [1.29, 1.82) is 0 Å². The highest BCUT2D eigenvalue weighted by atomic mass is 16.6. The molecule has 1 aliphatic heterocycles. The Bertz CT molecular complexity index is 365. The number of esters is 1. The summed E-state index contributed by atoms with van der Waals surface area (Å²) in [6.07, 6.45) is 1.68. The second-order valence-corrected chi connectivity index (χ2v) is 6.50. The molecule has 0 spiro atoms. The van der Waals surface area contributed by atoms with Crippen LogP contribution in [0.25, 0.3) is 0 Å². The third kappa shape index (κ3) is 6.33. The fraction of sp³-hybridized carbons (Fsp3) is 0.867. The minimum Gasteiger partial charge on any atom is -0.466 e. The monoisotopic (exact) mass is 300 g/mol. The van der Waals surface area contributed by atoms with E-state index in [-0.39, 0.29) is 30.4 Å². The zero-order valence-corrected chi connectivity index (χ0v) is 13.6. The van der Waals surface area contributed by atoms with E-state index < -0.39 is 5.60 Å². The fourth-order valence-corrected chi connectivity index (χ4v) is 2.43. The fourth-order valence-electron chi connectivity index (χ4n) is 2.43. The molecule has 122 valence electrons. The molecule has 0 aromatic carbocycles. The van der Waals surface area contributed by atoms with Crippen LogP contribution in [0, 0.1) is 5.92 Å². The lowest BCUT2D eigenvalue weighted by atomic mass is 9.89. The normalized spacial score (nSPS) is 20.8. The van der Waals surface area contributed by atoms with Gasteiger partial charge in [-0.15, -0.1) is 0 Å². The number of hydrogen-bond acceptors (Lipinski definition) is 5. The van der Waals surface area contributed by atoms with E-state index in [4.69, 9.17) is 15.2 Å². The van der Waals surface area contributed by atoms with E-state index in [1.165, 1.54) is 0 Å². The summed E-state index contributed by atoms with van der Waals surface area (Å²) < 4.78 is 10.3. The molecule has 2 N–H and O–H groups in total. The molecular formula is C15H28N2O4. The molecule has 1 saturated heterocycles. The molecule has 2 unspecified atom stereocenters. The van der Waals surface area contributed by atoms with Crippen LogP contribution in [-0.2, 0) is 14.3 Å². The summed E-state index contributed by atoms with van der Waals surface area (Å²) in [5.74, 6) is -0.171. The van der Waals surface area contributed by atoms with E-state index in [0.717, 1.165) is 12.8 Å². The highest BCUT2D eigenvalue weighted by Gasteiger charge is 2.31. The average molecular weight is 300 g/mol. The molecular weight excluding hydrogens is 272 g/mol. The Hall–Kier alpha value is -1.30. The molecule has 1 rings (SSSR count). The van der Waals surface area contributed by atoms with Gasteiger partial charge < -0.3 is 20.1 Å². The van der Waals surface area contributed by atoms with E-state index in [1.807, 2.05) is 20.8 Å². The summed E-state index contributed by atoms with van der Waals surface area (Å²) in [6, 6.07) is -0.283. The maximum absolute atomic E-state index is 12.1. The number of rotatable bonds is 4. The molecule has 0 saturated carbocycles. The molecule has 1 heterocycles. The number of nitrogens with two attached hydrogens (primary N) is 1. The minimum atomic E-state index is -0.503. The van der Waals surface area contributed by atoms with Crippen LogP contribution in [0.1, 0.15) is 47.0 Å². The third-order valence-corrected chi connectivity index (χ3v) is 3.42. The zero-order chi connectivity index (χ0) is 16.0. The number of ether oxygens (including phenoxy) is 2. The lowest BCUT2D eigenvalue weighted by molar-refractivity contribution is -0.143. The van der Waals surface area contributed by atoms with Gasteiger partial charge >= 0.3 is 12.1 Å². The molecule has 2 atom stereocenters. The van der Waals surface area contributed by atoms with Crippen molar-refractivity contribution in [2.75, 3.05) is 19.7 Å². The van der Waals surface area contributed by atoms with Gasteiger partial charge in [0.1, 0.15) is 5.60 Å². The number of piperidine rings is 1. The van der Waals surface area contributed by atoms with E-state index >= 15 is 0 Å². The molecule has 1 fully saturated rings. The van der Waals surface area contributed by atoms with Crippen LogP contribution in [-0.4, -0.2) is 48.3 Å². The van der Waals surface area contributed by atoms with Gasteiger partial charge in [0, 0.05) is 19.1 Å². The van der Waals surface area contributed by atoms with Gasteiger partial charge in [-0.25, -0.2) is 4.79 Å². The van der Waals surface area contributed by atoms with Crippen molar-refractivity contribution in [2.45, 2.75) is 58.6 Å². The van der Waals surface area contributed by atoms with Gasteiger partial charge in [-0.05, 0) is 46.5 Å². The first-order chi connectivity index (χ1) is 9.73. The van der Waals surface area contributed by atoms with Crippen molar-refractivity contribution in [3.63, 3.8) is 0 Å². The summed E-state index contributed by atoms with van der Waals surface area (Å²) in [5.41, 5.74) is 5.59. The average Bonchev–Trinajstić information content (AvgIpc) is 2.37. The zero-order valence-electron chi connectivity index (χ0n) is 13.6. The number of likely N-dealkylation sites (tertiary alicyclic amines) is 1. The van der Waals surface area contributed by atoms with E-state index in [0.29, 0.717) is 19.7 Å². The summed E-state index contributed by atoms with van der Waals surface area (Å²) in [5, 5.41) is 0. The topological polar surface area (TPSA) is 81.9 Å². The Morgan fingerprint density at radius 3 is 2.62 bits per heavy atom. The van der Waals surface area contributed by atoms with Crippen molar-refractivity contribution in [2.24, 2.45) is 11.7 Å². The molecule has 6 nitrogen and oxygen atoms in total. The molecule has 1 amide bonds. The van der Waals surface area contributed by atoms with Gasteiger partial charge in [0.05, 0.1) is 13.0 Å². The summed E-state index contributed by atoms with van der Waals surface area (Å²) in [7, 11) is 0. The number of carbonyl (C=O) groups is 2. The highest BCUT2D eigenvalue weighted by molar-refractivity contribution is 5.70. The molecule has 0 bridgehead atoms. The van der Waals surface area contributed by atoms with Gasteiger partial charge in [0.25, 0.3) is 0 Å². The van der Waals surface area contributed by atoms with Crippen molar-refractivity contribution in [1.82, 2.24) is 4.90 Å². The molecule has 1 aliphatic rings. The van der Waals surface area contributed by atoms with Crippen molar-refractivity contribution < 1.29 is 19.1 Å². The van der Waals surface area contributed by atoms with E-state index in [9.17, 15) is 9.59 Å². The van der Waals surface area contributed by atoms with E-state index in [2.05, 4.69) is 0 Å². The Morgan fingerprint density at radius 1 is 1.38 bits per heavy atom. The predicted molar refractivity (Wildman–Crippen MR) is 79.8 cm³/mol. The number of nitrogens with zero attached hydrogens (tertiary/aromatic N) is 1. The second kappa shape index (κ2) is 7.64. The highest BCUT2D eigenvalue weighted by Crippen LogP contribution is 2.22. The first kappa shape index (κ1) is 17.8. The Morgan fingerprint density at radius 2 is 2.05 bits per heavy atom. The minimum absolute atomic E-state index is 0.107. The lowest BCUT2D eigenvalue weighted by Crippen LogP contribution is -2.48. The number of amides is 1. The van der Waals surface area contributed by atoms with Crippen molar-refractivity contribution >= 4 is 12.1 Å². The van der Waals surface area contributed by atoms with Crippen LogP contribution in [0.5, 0.6) is 0 Å². The SMILES string of the molecule is CCOC(=O)CC(N)C1CCCN(C(=O)OC(C)(C)C)C1. The summed E-state index contributed by atoms with van der Waals surface area (Å²) in [6.45, 7) is 8.89. The standard InChI is InChI=1S/C15H28N2O4/c1-5-20-13(18)9-12(16)11-7-6-8-17(10-11)14(19)21-15(2,3)4/h11-12H,5-10,16H2,1-4H3. The Balaban J connectivity index is 2.51.